The van der Waals surface area contributed by atoms with Crippen LogP contribution >= 0.6 is 0 Å². The van der Waals surface area contributed by atoms with Crippen molar-refractivity contribution in [2.45, 2.75) is 43.7 Å². The van der Waals surface area contributed by atoms with Crippen molar-refractivity contribution in [1.82, 2.24) is 5.32 Å². The molecule has 0 spiro atoms. The predicted molar refractivity (Wildman–Crippen MR) is 68.7 cm³/mol. The molecule has 0 heterocycles. The molecule has 2 aliphatic carbocycles. The third-order valence-electron chi connectivity index (χ3n) is 4.82. The maximum Gasteiger partial charge on any atom is 0.0796 e. The molecule has 17 heavy (non-hydrogen) atoms. The zero-order valence-electron chi connectivity index (χ0n) is 10.4. The number of hydrogen-bond donors (Lipinski definition) is 2. The molecule has 3 rings (SSSR count). The molecule has 0 bridgehead atoms. The lowest BCUT2D eigenvalue weighted by Crippen LogP contribution is -2.51. The highest BCUT2D eigenvalue weighted by Crippen LogP contribution is 2.50. The van der Waals surface area contributed by atoms with Crippen molar-refractivity contribution in [1.29, 1.82) is 0 Å². The SMILES string of the molecule is CNC12CCCCC1CC(O)c1ccccc12. The van der Waals surface area contributed by atoms with E-state index in [1.807, 2.05) is 6.07 Å². The molecule has 0 saturated heterocycles. The highest BCUT2D eigenvalue weighted by atomic mass is 16.3. The molecule has 3 atom stereocenters. The van der Waals surface area contributed by atoms with Gasteiger partial charge in [-0.3, -0.25) is 0 Å². The summed E-state index contributed by atoms with van der Waals surface area (Å²) in [5.41, 5.74) is 2.60. The summed E-state index contributed by atoms with van der Waals surface area (Å²) in [5, 5.41) is 13.9. The number of aliphatic hydroxyl groups excluding tert-OH is 1. The molecular formula is C15H21NO. The van der Waals surface area contributed by atoms with Crippen LogP contribution < -0.4 is 5.32 Å². The summed E-state index contributed by atoms with van der Waals surface area (Å²) in [7, 11) is 2.08. The van der Waals surface area contributed by atoms with Crippen LogP contribution in [0.4, 0.5) is 0 Å². The summed E-state index contributed by atoms with van der Waals surface area (Å²) in [4.78, 5) is 0. The van der Waals surface area contributed by atoms with E-state index in [1.54, 1.807) is 0 Å². The molecule has 2 aliphatic rings. The number of rotatable bonds is 1. The maximum absolute atomic E-state index is 10.3. The summed E-state index contributed by atoms with van der Waals surface area (Å²) in [5.74, 6) is 0.589. The molecule has 1 fully saturated rings. The number of hydrogen-bond acceptors (Lipinski definition) is 2. The molecule has 92 valence electrons. The van der Waals surface area contributed by atoms with Crippen molar-refractivity contribution in [3.8, 4) is 0 Å². The molecule has 0 aromatic heterocycles. The first kappa shape index (κ1) is 11.2. The lowest BCUT2D eigenvalue weighted by Gasteiger charge is -2.50. The lowest BCUT2D eigenvalue weighted by atomic mass is 9.62. The standard InChI is InChI=1S/C15H21NO/c1-16-15-9-5-4-6-11(15)10-14(17)12-7-2-3-8-13(12)15/h2-3,7-8,11,14,16-17H,4-6,9-10H2,1H3. The third-order valence-corrected chi connectivity index (χ3v) is 4.82. The van der Waals surface area contributed by atoms with Gasteiger partial charge in [0.1, 0.15) is 0 Å². The van der Waals surface area contributed by atoms with Gasteiger partial charge < -0.3 is 10.4 Å². The fourth-order valence-corrected chi connectivity index (χ4v) is 3.97. The minimum Gasteiger partial charge on any atom is -0.388 e. The van der Waals surface area contributed by atoms with Crippen LogP contribution in [0.3, 0.4) is 0 Å². The Balaban J connectivity index is 2.14. The Morgan fingerprint density at radius 2 is 2.12 bits per heavy atom. The van der Waals surface area contributed by atoms with E-state index in [9.17, 15) is 5.11 Å². The van der Waals surface area contributed by atoms with Gasteiger partial charge in [-0.1, -0.05) is 37.1 Å². The Hall–Kier alpha value is -0.860. The van der Waals surface area contributed by atoms with E-state index in [2.05, 4.69) is 30.6 Å². The summed E-state index contributed by atoms with van der Waals surface area (Å²) in [6.45, 7) is 0. The zero-order valence-corrected chi connectivity index (χ0v) is 10.4. The van der Waals surface area contributed by atoms with Gasteiger partial charge in [-0.25, -0.2) is 0 Å². The summed E-state index contributed by atoms with van der Waals surface area (Å²) in [6, 6.07) is 8.42. The van der Waals surface area contributed by atoms with Crippen molar-refractivity contribution in [3.63, 3.8) is 0 Å². The average Bonchev–Trinajstić information content (AvgIpc) is 2.39. The van der Waals surface area contributed by atoms with E-state index in [0.717, 1.165) is 12.0 Å². The monoisotopic (exact) mass is 231 g/mol. The minimum atomic E-state index is -0.268. The van der Waals surface area contributed by atoms with Crippen LogP contribution in [0.25, 0.3) is 0 Å². The summed E-state index contributed by atoms with van der Waals surface area (Å²) >= 11 is 0. The van der Waals surface area contributed by atoms with E-state index in [1.165, 1.54) is 31.2 Å². The van der Waals surface area contributed by atoms with Gasteiger partial charge in [0.15, 0.2) is 0 Å². The molecule has 0 aliphatic heterocycles. The van der Waals surface area contributed by atoms with Crippen LogP contribution in [0.1, 0.15) is 49.3 Å². The number of fused-ring (bicyclic) bond motifs is 3. The van der Waals surface area contributed by atoms with E-state index in [0.29, 0.717) is 5.92 Å². The number of aliphatic hydroxyl groups is 1. The molecule has 1 saturated carbocycles. The van der Waals surface area contributed by atoms with Crippen molar-refractivity contribution in [2.24, 2.45) is 5.92 Å². The lowest BCUT2D eigenvalue weighted by molar-refractivity contribution is 0.0495. The molecule has 3 unspecified atom stereocenters. The van der Waals surface area contributed by atoms with Gasteiger partial charge in [-0.15, -0.1) is 0 Å². The van der Waals surface area contributed by atoms with Crippen molar-refractivity contribution < 1.29 is 5.11 Å². The Morgan fingerprint density at radius 1 is 1.29 bits per heavy atom. The Labute approximate surface area is 103 Å². The molecule has 2 N–H and O–H groups in total. The highest BCUT2D eigenvalue weighted by Gasteiger charge is 2.46. The van der Waals surface area contributed by atoms with Gasteiger partial charge in [-0.2, -0.15) is 0 Å². The van der Waals surface area contributed by atoms with Crippen LogP contribution in [0, 0.1) is 5.92 Å². The van der Waals surface area contributed by atoms with Crippen LogP contribution in [0.15, 0.2) is 24.3 Å². The highest BCUT2D eigenvalue weighted by molar-refractivity contribution is 5.39. The van der Waals surface area contributed by atoms with Crippen molar-refractivity contribution >= 4 is 0 Å². The van der Waals surface area contributed by atoms with Gasteiger partial charge in [-0.05, 0) is 43.4 Å². The molecule has 1 aromatic carbocycles. The largest absolute Gasteiger partial charge is 0.388 e. The van der Waals surface area contributed by atoms with Crippen LogP contribution in [0.2, 0.25) is 0 Å². The van der Waals surface area contributed by atoms with Crippen molar-refractivity contribution in [2.75, 3.05) is 7.05 Å². The van der Waals surface area contributed by atoms with Crippen LogP contribution in [-0.2, 0) is 5.54 Å². The first-order valence-corrected chi connectivity index (χ1v) is 6.74. The summed E-state index contributed by atoms with van der Waals surface area (Å²) in [6.07, 6.45) is 5.70. The number of benzene rings is 1. The van der Waals surface area contributed by atoms with E-state index >= 15 is 0 Å². The second kappa shape index (κ2) is 4.11. The third kappa shape index (κ3) is 1.54. The topological polar surface area (TPSA) is 32.3 Å². The fraction of sp³-hybridized carbons (Fsp3) is 0.600. The van der Waals surface area contributed by atoms with Crippen LogP contribution in [0.5, 0.6) is 0 Å². The average molecular weight is 231 g/mol. The second-order valence-electron chi connectivity index (χ2n) is 5.50. The quantitative estimate of drug-likeness (QED) is 0.779. The predicted octanol–water partition coefficient (Wildman–Crippen LogP) is 2.73. The van der Waals surface area contributed by atoms with E-state index < -0.39 is 0 Å². The van der Waals surface area contributed by atoms with Gasteiger partial charge in [0.05, 0.1) is 6.10 Å². The van der Waals surface area contributed by atoms with Gasteiger partial charge in [0.2, 0.25) is 0 Å². The molecule has 1 aromatic rings. The first-order chi connectivity index (χ1) is 8.28. The minimum absolute atomic E-state index is 0.119. The molecule has 2 heteroatoms. The Bertz CT molecular complexity index is 417. The fourth-order valence-electron chi connectivity index (χ4n) is 3.97. The zero-order chi connectivity index (χ0) is 11.9. The van der Waals surface area contributed by atoms with Gasteiger partial charge in [0, 0.05) is 5.54 Å². The normalized spacial score (nSPS) is 36.1. The number of nitrogens with one attached hydrogen (secondary N) is 1. The maximum atomic E-state index is 10.3. The molecule has 2 nitrogen and oxygen atoms in total. The molecule has 0 amide bonds. The van der Waals surface area contributed by atoms with E-state index in [4.69, 9.17) is 0 Å². The van der Waals surface area contributed by atoms with Crippen molar-refractivity contribution in [3.05, 3.63) is 35.4 Å². The first-order valence-electron chi connectivity index (χ1n) is 6.74. The van der Waals surface area contributed by atoms with E-state index in [-0.39, 0.29) is 11.6 Å². The Morgan fingerprint density at radius 3 is 2.94 bits per heavy atom. The van der Waals surface area contributed by atoms with Crippen LogP contribution in [-0.4, -0.2) is 12.2 Å². The van der Waals surface area contributed by atoms with Gasteiger partial charge in [0.25, 0.3) is 0 Å². The molecular weight excluding hydrogens is 210 g/mol. The smallest absolute Gasteiger partial charge is 0.0796 e. The van der Waals surface area contributed by atoms with Gasteiger partial charge >= 0.3 is 0 Å². The molecule has 0 radical (unpaired) electrons. The summed E-state index contributed by atoms with van der Waals surface area (Å²) < 4.78 is 0. The second-order valence-corrected chi connectivity index (χ2v) is 5.50. The Kier molecular flexibility index (Phi) is 2.72.